The molecule has 0 bridgehead atoms. The van der Waals surface area contributed by atoms with Crippen LogP contribution in [-0.4, -0.2) is 36.5 Å². The van der Waals surface area contributed by atoms with Gasteiger partial charge in [-0.1, -0.05) is 12.8 Å². The molecule has 0 aromatic carbocycles. The molecule has 1 aromatic rings. The van der Waals surface area contributed by atoms with Crippen molar-refractivity contribution in [2.75, 3.05) is 13.7 Å². The van der Waals surface area contributed by atoms with Crippen molar-refractivity contribution in [3.63, 3.8) is 0 Å². The highest BCUT2D eigenvalue weighted by atomic mass is 16.5. The fourth-order valence-corrected chi connectivity index (χ4v) is 2.51. The summed E-state index contributed by atoms with van der Waals surface area (Å²) in [6.45, 7) is 1.79. The normalized spacial score (nSPS) is 15.5. The maximum absolute atomic E-state index is 12.5. The molecule has 1 aromatic heterocycles. The van der Waals surface area contributed by atoms with Gasteiger partial charge in [0.1, 0.15) is 18.6 Å². The molecule has 0 aliphatic heterocycles. The Hall–Kier alpha value is -1.78. The molecule has 104 valence electrons. The number of nitrogens with zero attached hydrogens (tertiary/aromatic N) is 1. The number of hydrogen-bond acceptors (Lipinski definition) is 4. The van der Waals surface area contributed by atoms with Gasteiger partial charge in [-0.15, -0.1) is 0 Å². The Bertz CT molecular complexity index is 460. The molecular weight excluding hydrogens is 246 g/mol. The topological polar surface area (TPSA) is 59.8 Å². The zero-order chi connectivity index (χ0) is 13.8. The van der Waals surface area contributed by atoms with Crippen LogP contribution in [0.4, 0.5) is 0 Å². The van der Waals surface area contributed by atoms with Crippen LogP contribution in [0.15, 0.2) is 16.7 Å². The quantitative estimate of drug-likeness (QED) is 0.783. The highest BCUT2D eigenvalue weighted by Crippen LogP contribution is 2.25. The van der Waals surface area contributed by atoms with Crippen molar-refractivity contribution >= 4 is 11.9 Å². The number of ether oxygens (including phenoxy) is 1. The summed E-state index contributed by atoms with van der Waals surface area (Å²) in [4.78, 5) is 25.5. The lowest BCUT2D eigenvalue weighted by Crippen LogP contribution is -2.42. The Morgan fingerprint density at radius 3 is 2.63 bits per heavy atom. The van der Waals surface area contributed by atoms with Gasteiger partial charge in [0.2, 0.25) is 0 Å². The smallest absolute Gasteiger partial charge is 0.325 e. The maximum Gasteiger partial charge on any atom is 0.325 e. The van der Waals surface area contributed by atoms with Gasteiger partial charge in [-0.2, -0.15) is 0 Å². The van der Waals surface area contributed by atoms with Crippen LogP contribution < -0.4 is 0 Å². The molecule has 5 heteroatoms. The van der Waals surface area contributed by atoms with E-state index in [1.165, 1.54) is 13.4 Å². The Morgan fingerprint density at radius 2 is 2.11 bits per heavy atom. The molecule has 1 amide bonds. The van der Waals surface area contributed by atoms with Crippen molar-refractivity contribution in [1.82, 2.24) is 4.90 Å². The van der Waals surface area contributed by atoms with E-state index in [2.05, 4.69) is 4.74 Å². The molecule has 0 spiro atoms. The zero-order valence-electron chi connectivity index (χ0n) is 11.3. The number of hydrogen-bond donors (Lipinski definition) is 0. The first-order valence-electron chi connectivity index (χ1n) is 6.54. The molecule has 2 rings (SSSR count). The lowest BCUT2D eigenvalue weighted by atomic mass is 10.1. The zero-order valence-corrected chi connectivity index (χ0v) is 11.3. The molecule has 0 N–H and O–H groups in total. The van der Waals surface area contributed by atoms with Crippen LogP contribution in [0, 0.1) is 6.92 Å². The monoisotopic (exact) mass is 265 g/mol. The van der Waals surface area contributed by atoms with E-state index in [9.17, 15) is 9.59 Å². The number of amides is 1. The predicted molar refractivity (Wildman–Crippen MR) is 68.8 cm³/mol. The van der Waals surface area contributed by atoms with Crippen LogP contribution >= 0.6 is 0 Å². The summed E-state index contributed by atoms with van der Waals surface area (Å²) in [5.74, 6) is 0.141. The van der Waals surface area contributed by atoms with Gasteiger partial charge >= 0.3 is 5.97 Å². The lowest BCUT2D eigenvalue weighted by molar-refractivity contribution is -0.141. The first kappa shape index (κ1) is 13.6. The summed E-state index contributed by atoms with van der Waals surface area (Å²) in [5, 5.41) is 0. The van der Waals surface area contributed by atoms with E-state index >= 15 is 0 Å². The molecular formula is C14H19NO4. The Labute approximate surface area is 112 Å². The molecule has 0 saturated heterocycles. The lowest BCUT2D eigenvalue weighted by Gasteiger charge is -2.27. The minimum absolute atomic E-state index is 0.00419. The van der Waals surface area contributed by atoms with Gasteiger partial charge in [0.25, 0.3) is 5.91 Å². The van der Waals surface area contributed by atoms with E-state index in [-0.39, 0.29) is 24.5 Å². The minimum Gasteiger partial charge on any atom is -0.469 e. The van der Waals surface area contributed by atoms with Crippen LogP contribution in [-0.2, 0) is 9.53 Å². The van der Waals surface area contributed by atoms with E-state index in [0.717, 1.165) is 25.7 Å². The van der Waals surface area contributed by atoms with Crippen molar-refractivity contribution in [3.8, 4) is 0 Å². The molecule has 5 nitrogen and oxygen atoms in total. The molecule has 1 saturated carbocycles. The third-order valence-corrected chi connectivity index (χ3v) is 3.53. The highest BCUT2D eigenvalue weighted by Gasteiger charge is 2.30. The number of carbonyl (C=O) groups excluding carboxylic acids is 2. The van der Waals surface area contributed by atoms with Crippen LogP contribution in [0.3, 0.4) is 0 Å². The summed E-state index contributed by atoms with van der Waals surface area (Å²) in [6, 6.07) is 1.82. The molecule has 1 aliphatic rings. The maximum atomic E-state index is 12.5. The van der Waals surface area contributed by atoms with Gasteiger partial charge in [-0.25, -0.2) is 0 Å². The van der Waals surface area contributed by atoms with Gasteiger partial charge in [0, 0.05) is 6.04 Å². The number of aryl methyl sites for hydroxylation is 1. The second-order valence-corrected chi connectivity index (χ2v) is 4.89. The van der Waals surface area contributed by atoms with E-state index in [0.29, 0.717) is 11.3 Å². The summed E-state index contributed by atoms with van der Waals surface area (Å²) in [5.41, 5.74) is 0.494. The number of rotatable bonds is 4. The van der Waals surface area contributed by atoms with Crippen LogP contribution in [0.1, 0.15) is 41.8 Å². The summed E-state index contributed by atoms with van der Waals surface area (Å²) in [6.07, 6.45) is 5.52. The first-order chi connectivity index (χ1) is 9.11. The largest absolute Gasteiger partial charge is 0.469 e. The molecule has 1 heterocycles. The van der Waals surface area contributed by atoms with Crippen LogP contribution in [0.5, 0.6) is 0 Å². The first-order valence-corrected chi connectivity index (χ1v) is 6.54. The van der Waals surface area contributed by atoms with Crippen molar-refractivity contribution in [3.05, 3.63) is 23.7 Å². The highest BCUT2D eigenvalue weighted by molar-refractivity contribution is 5.96. The number of furan rings is 1. The van der Waals surface area contributed by atoms with Gasteiger partial charge < -0.3 is 14.1 Å². The Kier molecular flexibility index (Phi) is 4.24. The van der Waals surface area contributed by atoms with Gasteiger partial charge in [-0.3, -0.25) is 9.59 Å². The van der Waals surface area contributed by atoms with Crippen molar-refractivity contribution in [1.29, 1.82) is 0 Å². The standard InChI is InChI=1S/C14H19NO4/c1-10-7-11(9-19-10)14(17)15(8-13(16)18-2)12-5-3-4-6-12/h7,9,12H,3-6,8H2,1-2H3. The summed E-state index contributed by atoms with van der Waals surface area (Å²) in [7, 11) is 1.33. The number of esters is 1. The third-order valence-electron chi connectivity index (χ3n) is 3.53. The average Bonchev–Trinajstić information content (AvgIpc) is 3.05. The molecule has 1 fully saturated rings. The van der Waals surface area contributed by atoms with Crippen molar-refractivity contribution in [2.45, 2.75) is 38.6 Å². The SMILES string of the molecule is COC(=O)CN(C(=O)c1coc(C)c1)C1CCCC1. The van der Waals surface area contributed by atoms with Gasteiger partial charge in [0.05, 0.1) is 12.7 Å². The van der Waals surface area contributed by atoms with Crippen molar-refractivity contribution in [2.24, 2.45) is 0 Å². The molecule has 0 radical (unpaired) electrons. The molecule has 19 heavy (non-hydrogen) atoms. The second-order valence-electron chi connectivity index (χ2n) is 4.89. The van der Waals surface area contributed by atoms with Crippen molar-refractivity contribution < 1.29 is 18.7 Å². The Morgan fingerprint density at radius 1 is 1.42 bits per heavy atom. The summed E-state index contributed by atoms with van der Waals surface area (Å²) < 4.78 is 9.84. The van der Waals surface area contributed by atoms with E-state index in [1.54, 1.807) is 17.9 Å². The summed E-state index contributed by atoms with van der Waals surface area (Å²) >= 11 is 0. The fourth-order valence-electron chi connectivity index (χ4n) is 2.51. The van der Waals surface area contributed by atoms with Crippen LogP contribution in [0.25, 0.3) is 0 Å². The Balaban J connectivity index is 2.15. The minimum atomic E-state index is -0.388. The molecule has 0 unspecified atom stereocenters. The van der Waals surface area contributed by atoms with Crippen LogP contribution in [0.2, 0.25) is 0 Å². The number of methoxy groups -OCH3 is 1. The fraction of sp³-hybridized carbons (Fsp3) is 0.571. The van der Waals surface area contributed by atoms with Gasteiger partial charge in [0.15, 0.2) is 0 Å². The molecule has 1 aliphatic carbocycles. The number of carbonyl (C=O) groups is 2. The second kappa shape index (κ2) is 5.91. The molecule has 0 atom stereocenters. The van der Waals surface area contributed by atoms with E-state index in [4.69, 9.17) is 4.42 Å². The van der Waals surface area contributed by atoms with E-state index in [1.807, 2.05) is 0 Å². The third kappa shape index (κ3) is 3.16. The predicted octanol–water partition coefficient (Wildman–Crippen LogP) is 2.15. The van der Waals surface area contributed by atoms with Gasteiger partial charge in [-0.05, 0) is 25.8 Å². The average molecular weight is 265 g/mol. The van der Waals surface area contributed by atoms with E-state index < -0.39 is 0 Å².